The zero-order chi connectivity index (χ0) is 17.6. The van der Waals surface area contributed by atoms with Crippen LogP contribution in [0.1, 0.15) is 11.6 Å². The molecule has 0 N–H and O–H groups in total. The number of hydrogen-bond donors (Lipinski definition) is 0. The summed E-state index contributed by atoms with van der Waals surface area (Å²) < 4.78 is 2.06. The number of nitrogens with zero attached hydrogens (tertiary/aromatic N) is 2. The Labute approximate surface area is 154 Å². The highest BCUT2D eigenvalue weighted by atomic mass is 35.5. The van der Waals surface area contributed by atoms with Gasteiger partial charge in [-0.25, -0.2) is 0 Å². The van der Waals surface area contributed by atoms with Gasteiger partial charge in [-0.05, 0) is 30.3 Å². The lowest BCUT2D eigenvalue weighted by molar-refractivity contribution is -0.119. The van der Waals surface area contributed by atoms with Crippen molar-refractivity contribution >= 4 is 52.1 Å². The molecule has 1 aromatic heterocycles. The highest BCUT2D eigenvalue weighted by molar-refractivity contribution is 8.00. The molecular formula is C19H15ClN2O2S. The molecule has 3 aromatic rings. The maximum Gasteiger partial charge on any atom is 0.238 e. The molecule has 0 radical (unpaired) electrons. The number of thioether (sulfide) groups is 1. The van der Waals surface area contributed by atoms with Crippen molar-refractivity contribution < 1.29 is 9.59 Å². The lowest BCUT2D eigenvalue weighted by Gasteiger charge is -2.26. The largest absolute Gasteiger partial charge is 0.339 e. The summed E-state index contributed by atoms with van der Waals surface area (Å²) in [5, 5.41) is 2.55. The summed E-state index contributed by atoms with van der Waals surface area (Å²) in [7, 11) is 1.97. The summed E-state index contributed by atoms with van der Waals surface area (Å²) in [4.78, 5) is 26.5. The smallest absolute Gasteiger partial charge is 0.238 e. The van der Waals surface area contributed by atoms with E-state index in [-0.39, 0.29) is 11.7 Å². The second kappa shape index (κ2) is 6.24. The van der Waals surface area contributed by atoms with Crippen molar-refractivity contribution in [2.24, 2.45) is 7.05 Å². The maximum atomic E-state index is 12.8. The van der Waals surface area contributed by atoms with Crippen LogP contribution < -0.4 is 4.90 Å². The number of fused-ring (bicyclic) bond motifs is 3. The number of carbonyl (C=O) groups is 2. The van der Waals surface area contributed by atoms with Gasteiger partial charge in [0.05, 0.1) is 10.8 Å². The molecule has 4 nitrogen and oxygen atoms in total. The van der Waals surface area contributed by atoms with Crippen molar-refractivity contribution in [2.75, 3.05) is 10.7 Å². The minimum atomic E-state index is -0.662. The monoisotopic (exact) mass is 370 g/mol. The molecule has 1 aliphatic rings. The third-order valence-electron chi connectivity index (χ3n) is 4.50. The Bertz CT molecular complexity index is 981. The minimum absolute atomic E-state index is 0.0929. The first-order valence-electron chi connectivity index (χ1n) is 7.85. The number of amides is 1. The van der Waals surface area contributed by atoms with E-state index in [1.54, 1.807) is 29.2 Å². The van der Waals surface area contributed by atoms with E-state index in [0.717, 1.165) is 27.8 Å². The van der Waals surface area contributed by atoms with Crippen molar-refractivity contribution in [1.82, 2.24) is 4.57 Å². The zero-order valence-corrected chi connectivity index (χ0v) is 15.1. The summed E-state index contributed by atoms with van der Waals surface area (Å²) in [6.45, 7) is 0. The van der Waals surface area contributed by atoms with Crippen LogP contribution in [0.3, 0.4) is 0 Å². The number of halogens is 1. The van der Waals surface area contributed by atoms with E-state index in [1.807, 2.05) is 31.3 Å². The van der Waals surface area contributed by atoms with E-state index < -0.39 is 6.04 Å². The number of aldehydes is 1. The van der Waals surface area contributed by atoms with Gasteiger partial charge in [-0.3, -0.25) is 9.69 Å². The molecule has 0 aliphatic carbocycles. The van der Waals surface area contributed by atoms with Crippen LogP contribution in [0.2, 0.25) is 5.02 Å². The Kier molecular flexibility index (Phi) is 4.06. The van der Waals surface area contributed by atoms with E-state index in [1.165, 1.54) is 11.8 Å². The fourth-order valence-electron chi connectivity index (χ4n) is 3.38. The molecule has 2 heterocycles. The van der Waals surface area contributed by atoms with Gasteiger partial charge >= 0.3 is 0 Å². The normalized spacial score (nSPS) is 17.4. The Balaban J connectivity index is 1.96. The fraction of sp³-hybridized carbons (Fsp3) is 0.158. The predicted octanol–water partition coefficient (Wildman–Crippen LogP) is 4.21. The Morgan fingerprint density at radius 1 is 1.16 bits per heavy atom. The van der Waals surface area contributed by atoms with Crippen LogP contribution in [0.15, 0.2) is 53.6 Å². The molecular weight excluding hydrogens is 356 g/mol. The van der Waals surface area contributed by atoms with E-state index in [4.69, 9.17) is 11.6 Å². The number of aromatic nitrogens is 1. The van der Waals surface area contributed by atoms with Crippen LogP contribution in [0.25, 0.3) is 10.9 Å². The van der Waals surface area contributed by atoms with Crippen LogP contribution in [0.4, 0.5) is 5.69 Å². The van der Waals surface area contributed by atoms with Gasteiger partial charge in [0.15, 0.2) is 0 Å². The predicted molar refractivity (Wildman–Crippen MR) is 101 cm³/mol. The molecule has 126 valence electrons. The van der Waals surface area contributed by atoms with E-state index in [9.17, 15) is 9.59 Å². The zero-order valence-electron chi connectivity index (χ0n) is 13.5. The van der Waals surface area contributed by atoms with Crippen LogP contribution in [0.5, 0.6) is 0 Å². The van der Waals surface area contributed by atoms with Crippen molar-refractivity contribution in [3.8, 4) is 0 Å². The van der Waals surface area contributed by atoms with Crippen LogP contribution in [-0.4, -0.2) is 22.5 Å². The number of hydrogen-bond acceptors (Lipinski definition) is 3. The summed E-state index contributed by atoms with van der Waals surface area (Å²) >= 11 is 7.45. The second-order valence-corrected chi connectivity index (χ2v) is 7.31. The molecule has 25 heavy (non-hydrogen) atoms. The molecule has 0 saturated carbocycles. The molecule has 2 aromatic carbocycles. The Morgan fingerprint density at radius 2 is 1.88 bits per heavy atom. The van der Waals surface area contributed by atoms with E-state index >= 15 is 0 Å². The summed E-state index contributed by atoms with van der Waals surface area (Å²) in [6, 6.07) is 14.3. The number of carbonyl (C=O) groups excluding carboxylic acids is 2. The third kappa shape index (κ3) is 2.55. The molecule has 0 spiro atoms. The van der Waals surface area contributed by atoms with Crippen LogP contribution in [0, 0.1) is 0 Å². The standard InChI is InChI=1S/C19H15ClN2O2S/c1-21-15-5-3-2-4-14(15)18-16(10-23)22(17(24)11-25-19(18)21)13-8-6-12(20)7-9-13/h2-10,16H,11H2,1H3. The van der Waals surface area contributed by atoms with Gasteiger partial charge in [0, 0.05) is 34.2 Å². The molecule has 4 rings (SSSR count). The molecule has 1 aliphatic heterocycles. The lowest BCUT2D eigenvalue weighted by atomic mass is 10.0. The van der Waals surface area contributed by atoms with Crippen molar-refractivity contribution in [1.29, 1.82) is 0 Å². The fourth-order valence-corrected chi connectivity index (χ4v) is 4.58. The van der Waals surface area contributed by atoms with E-state index in [2.05, 4.69) is 4.57 Å². The highest BCUT2D eigenvalue weighted by Gasteiger charge is 2.35. The highest BCUT2D eigenvalue weighted by Crippen LogP contribution is 2.42. The first kappa shape index (κ1) is 16.2. The molecule has 1 atom stereocenters. The van der Waals surface area contributed by atoms with E-state index in [0.29, 0.717) is 10.7 Å². The first-order chi connectivity index (χ1) is 12.1. The van der Waals surface area contributed by atoms with Crippen molar-refractivity contribution in [3.63, 3.8) is 0 Å². The van der Waals surface area contributed by atoms with Gasteiger partial charge < -0.3 is 9.36 Å². The van der Waals surface area contributed by atoms with Crippen molar-refractivity contribution in [2.45, 2.75) is 11.1 Å². The SMILES string of the molecule is Cn1c2c(c3ccccc31)C(C=O)N(c1ccc(Cl)cc1)C(=O)CS2. The summed E-state index contributed by atoms with van der Waals surface area (Å²) in [6.07, 6.45) is 0.851. The second-order valence-electron chi connectivity index (χ2n) is 5.90. The van der Waals surface area contributed by atoms with Crippen LogP contribution >= 0.6 is 23.4 Å². The van der Waals surface area contributed by atoms with Gasteiger partial charge in [0.25, 0.3) is 0 Å². The minimum Gasteiger partial charge on any atom is -0.339 e. The number of benzene rings is 2. The van der Waals surface area contributed by atoms with Crippen LogP contribution in [-0.2, 0) is 16.6 Å². The summed E-state index contributed by atoms with van der Waals surface area (Å²) in [5.41, 5.74) is 2.61. The Morgan fingerprint density at radius 3 is 2.60 bits per heavy atom. The molecule has 6 heteroatoms. The van der Waals surface area contributed by atoms with Gasteiger partial charge in [0.2, 0.25) is 5.91 Å². The molecule has 1 unspecified atom stereocenters. The first-order valence-corrected chi connectivity index (χ1v) is 9.21. The van der Waals surface area contributed by atoms with Gasteiger partial charge in [0.1, 0.15) is 12.3 Å². The lowest BCUT2D eigenvalue weighted by Crippen LogP contribution is -2.35. The molecule has 1 amide bonds. The van der Waals surface area contributed by atoms with Crippen molar-refractivity contribution in [3.05, 3.63) is 59.1 Å². The van der Waals surface area contributed by atoms with Gasteiger partial charge in [-0.2, -0.15) is 0 Å². The van der Waals surface area contributed by atoms with Gasteiger partial charge in [-0.1, -0.05) is 41.6 Å². The number of aryl methyl sites for hydroxylation is 1. The molecule has 0 bridgehead atoms. The molecule has 0 saturated heterocycles. The summed E-state index contributed by atoms with van der Waals surface area (Å²) in [5.74, 6) is 0.189. The number of rotatable bonds is 2. The average Bonchev–Trinajstić information content (AvgIpc) is 2.81. The average molecular weight is 371 g/mol. The quantitative estimate of drug-likeness (QED) is 0.634. The van der Waals surface area contributed by atoms with Gasteiger partial charge in [-0.15, -0.1) is 0 Å². The third-order valence-corrected chi connectivity index (χ3v) is 5.91. The number of para-hydroxylation sites is 1. The number of anilines is 1. The maximum absolute atomic E-state index is 12.8. The topological polar surface area (TPSA) is 42.3 Å². The molecule has 0 fully saturated rings. The Hall–Kier alpha value is -2.24.